The highest BCUT2D eigenvalue weighted by atomic mass is 16.5. The van der Waals surface area contributed by atoms with Crippen molar-refractivity contribution in [2.75, 3.05) is 6.61 Å². The van der Waals surface area contributed by atoms with Crippen LogP contribution in [-0.2, 0) is 9.53 Å². The Morgan fingerprint density at radius 2 is 2.00 bits per heavy atom. The van der Waals surface area contributed by atoms with E-state index >= 15 is 0 Å². The molecular weight excluding hydrogens is 312 g/mol. The molecule has 0 spiro atoms. The third kappa shape index (κ3) is 6.21. The van der Waals surface area contributed by atoms with Crippen molar-refractivity contribution >= 4 is 5.97 Å². The van der Waals surface area contributed by atoms with Crippen molar-refractivity contribution in [1.82, 2.24) is 0 Å². The summed E-state index contributed by atoms with van der Waals surface area (Å²) in [7, 11) is 0. The molecule has 1 aliphatic rings. The summed E-state index contributed by atoms with van der Waals surface area (Å²) in [6, 6.07) is 0. The minimum atomic E-state index is -0.941. The second kappa shape index (κ2) is 9.06. The molecule has 0 aliphatic heterocycles. The summed E-state index contributed by atoms with van der Waals surface area (Å²) in [5.74, 6) is 6.18. The van der Waals surface area contributed by atoms with Gasteiger partial charge in [0, 0.05) is 12.3 Å². The molecule has 0 bridgehead atoms. The minimum Gasteiger partial charge on any atom is -0.462 e. The van der Waals surface area contributed by atoms with Gasteiger partial charge in [-0.2, -0.15) is 0 Å². The first kappa shape index (κ1) is 21.3. The van der Waals surface area contributed by atoms with Crippen molar-refractivity contribution in [3.8, 4) is 11.8 Å². The molecule has 25 heavy (non-hydrogen) atoms. The van der Waals surface area contributed by atoms with Gasteiger partial charge in [-0.3, -0.25) is 4.79 Å². The van der Waals surface area contributed by atoms with Gasteiger partial charge in [0.2, 0.25) is 0 Å². The van der Waals surface area contributed by atoms with Crippen molar-refractivity contribution in [1.29, 1.82) is 0 Å². The van der Waals surface area contributed by atoms with E-state index in [-0.39, 0.29) is 23.9 Å². The molecule has 3 nitrogen and oxygen atoms in total. The van der Waals surface area contributed by atoms with E-state index in [1.54, 1.807) is 0 Å². The van der Waals surface area contributed by atoms with Gasteiger partial charge in [-0.15, -0.1) is 0 Å². The maximum atomic E-state index is 11.1. The van der Waals surface area contributed by atoms with Gasteiger partial charge in [0.1, 0.15) is 12.2 Å². The van der Waals surface area contributed by atoms with Gasteiger partial charge < -0.3 is 9.84 Å². The second-order valence-electron chi connectivity index (χ2n) is 7.65. The van der Waals surface area contributed by atoms with Crippen LogP contribution in [-0.4, -0.2) is 23.3 Å². The Kier molecular flexibility index (Phi) is 7.70. The van der Waals surface area contributed by atoms with E-state index in [1.807, 2.05) is 38.2 Å². The fraction of sp³-hybridized carbons (Fsp3) is 0.591. The Morgan fingerprint density at radius 3 is 2.60 bits per heavy atom. The van der Waals surface area contributed by atoms with Crippen LogP contribution in [0.3, 0.4) is 0 Å². The molecule has 0 aromatic carbocycles. The fourth-order valence-corrected chi connectivity index (χ4v) is 3.15. The fourth-order valence-electron chi connectivity index (χ4n) is 3.15. The van der Waals surface area contributed by atoms with Crippen molar-refractivity contribution in [2.24, 2.45) is 11.3 Å². The van der Waals surface area contributed by atoms with E-state index in [9.17, 15) is 9.90 Å². The number of hydrogen-bond donors (Lipinski definition) is 1. The lowest BCUT2D eigenvalue weighted by molar-refractivity contribution is -0.139. The van der Waals surface area contributed by atoms with Gasteiger partial charge in [-0.05, 0) is 44.3 Å². The lowest BCUT2D eigenvalue weighted by Gasteiger charge is -2.47. The lowest BCUT2D eigenvalue weighted by Crippen LogP contribution is -2.51. The van der Waals surface area contributed by atoms with Gasteiger partial charge in [-0.1, -0.05) is 62.8 Å². The molecule has 0 saturated heterocycles. The van der Waals surface area contributed by atoms with E-state index in [0.29, 0.717) is 0 Å². The number of carbonyl (C=O) groups is 1. The Morgan fingerprint density at radius 1 is 1.32 bits per heavy atom. The van der Waals surface area contributed by atoms with Crippen LogP contribution in [0.5, 0.6) is 0 Å². The highest BCUT2D eigenvalue weighted by Gasteiger charge is 2.48. The second-order valence-corrected chi connectivity index (χ2v) is 7.65. The van der Waals surface area contributed by atoms with Crippen LogP contribution in [0, 0.1) is 23.2 Å². The van der Waals surface area contributed by atoms with Gasteiger partial charge in [0.25, 0.3) is 0 Å². The molecule has 1 fully saturated rings. The SMILES string of the molecule is CC(=O)OCC=C(C)C=CC=C(C)C#CC1(O)C(C)CCCC1(C)C. The average molecular weight is 344 g/mol. The molecule has 1 N–H and O–H groups in total. The number of ether oxygens (including phenoxy) is 1. The van der Waals surface area contributed by atoms with Crippen molar-refractivity contribution < 1.29 is 14.6 Å². The van der Waals surface area contributed by atoms with Gasteiger partial charge in [0.05, 0.1) is 0 Å². The Hall–Kier alpha value is -1.79. The summed E-state index contributed by atoms with van der Waals surface area (Å²) < 4.78 is 4.87. The minimum absolute atomic E-state index is 0.179. The molecule has 3 heteroatoms. The molecule has 2 unspecified atom stereocenters. The van der Waals surface area contributed by atoms with Crippen molar-refractivity contribution in [2.45, 2.75) is 66.4 Å². The van der Waals surface area contributed by atoms with E-state index in [1.165, 1.54) is 6.92 Å². The zero-order chi connectivity index (χ0) is 19.1. The molecule has 0 aromatic rings. The molecule has 0 amide bonds. The number of aliphatic hydroxyl groups is 1. The monoisotopic (exact) mass is 344 g/mol. The number of rotatable bonds is 4. The van der Waals surface area contributed by atoms with E-state index < -0.39 is 5.60 Å². The summed E-state index contributed by atoms with van der Waals surface area (Å²) in [4.78, 5) is 10.7. The standard InChI is InChI=1S/C22H32O3/c1-17(9-7-10-18(2)13-16-25-20(4)23)12-15-22(24)19(3)11-8-14-21(22,5)6/h7,9-10,13,19,24H,8,11,14,16H2,1-6H3. The largest absolute Gasteiger partial charge is 0.462 e. The quantitative estimate of drug-likeness (QED) is 0.461. The molecule has 0 radical (unpaired) electrons. The number of hydrogen-bond acceptors (Lipinski definition) is 3. The Balaban J connectivity index is 2.77. The van der Waals surface area contributed by atoms with Crippen LogP contribution < -0.4 is 0 Å². The first-order chi connectivity index (χ1) is 11.6. The van der Waals surface area contributed by atoms with E-state index in [4.69, 9.17) is 4.74 Å². The van der Waals surface area contributed by atoms with Gasteiger partial charge >= 0.3 is 5.97 Å². The highest BCUT2D eigenvalue weighted by Crippen LogP contribution is 2.46. The van der Waals surface area contributed by atoms with Gasteiger partial charge in [0.15, 0.2) is 0 Å². The predicted octanol–water partition coefficient (Wildman–Crippen LogP) is 4.58. The van der Waals surface area contributed by atoms with Crippen LogP contribution in [0.4, 0.5) is 0 Å². The number of allylic oxidation sites excluding steroid dienone is 5. The highest BCUT2D eigenvalue weighted by molar-refractivity contribution is 5.66. The molecule has 2 atom stereocenters. The number of carbonyl (C=O) groups excluding carboxylic acids is 1. The third-order valence-corrected chi connectivity index (χ3v) is 5.03. The molecule has 0 aromatic heterocycles. The van der Waals surface area contributed by atoms with Crippen molar-refractivity contribution in [3.05, 3.63) is 35.5 Å². The van der Waals surface area contributed by atoms with Crippen LogP contribution in [0.15, 0.2) is 35.5 Å². The van der Waals surface area contributed by atoms with Crippen LogP contribution in [0.2, 0.25) is 0 Å². The first-order valence-electron chi connectivity index (χ1n) is 8.99. The zero-order valence-corrected chi connectivity index (χ0v) is 16.5. The summed E-state index contributed by atoms with van der Waals surface area (Å²) in [6.07, 6.45) is 10.8. The van der Waals surface area contributed by atoms with E-state index in [0.717, 1.165) is 30.4 Å². The topological polar surface area (TPSA) is 46.5 Å². The van der Waals surface area contributed by atoms with Crippen LogP contribution in [0.25, 0.3) is 0 Å². The Labute approximate surface area is 152 Å². The normalized spacial score (nSPS) is 26.9. The lowest BCUT2D eigenvalue weighted by atomic mass is 9.61. The zero-order valence-electron chi connectivity index (χ0n) is 16.5. The van der Waals surface area contributed by atoms with Gasteiger partial charge in [-0.25, -0.2) is 0 Å². The summed E-state index contributed by atoms with van der Waals surface area (Å²) >= 11 is 0. The Bertz CT molecular complexity index is 625. The van der Waals surface area contributed by atoms with Crippen LogP contribution >= 0.6 is 0 Å². The molecular formula is C22H32O3. The smallest absolute Gasteiger partial charge is 0.302 e. The molecule has 1 rings (SSSR count). The average Bonchev–Trinajstić information content (AvgIpc) is 2.50. The molecule has 0 heterocycles. The maximum Gasteiger partial charge on any atom is 0.302 e. The van der Waals surface area contributed by atoms with Crippen LogP contribution in [0.1, 0.15) is 60.8 Å². The molecule has 1 saturated carbocycles. The third-order valence-electron chi connectivity index (χ3n) is 5.03. The maximum absolute atomic E-state index is 11.1. The van der Waals surface area contributed by atoms with E-state index in [2.05, 4.69) is 32.6 Å². The van der Waals surface area contributed by atoms with Crippen molar-refractivity contribution in [3.63, 3.8) is 0 Å². The summed E-state index contributed by atoms with van der Waals surface area (Å²) in [5, 5.41) is 11.1. The number of esters is 1. The predicted molar refractivity (Wildman–Crippen MR) is 103 cm³/mol. The molecule has 138 valence electrons. The summed E-state index contributed by atoms with van der Waals surface area (Å²) in [5.41, 5.74) is 0.790. The molecule has 1 aliphatic carbocycles. The first-order valence-corrected chi connectivity index (χ1v) is 8.99. The summed E-state index contributed by atoms with van der Waals surface area (Å²) in [6.45, 7) is 11.9.